The first-order valence-electron chi connectivity index (χ1n) is 20.5. The van der Waals surface area contributed by atoms with Crippen molar-refractivity contribution in [1.82, 2.24) is 0 Å². The maximum absolute atomic E-state index is 14.1. The van der Waals surface area contributed by atoms with Gasteiger partial charge in [0.05, 0.1) is 23.7 Å². The Morgan fingerprint density at radius 2 is 0.608 bits per heavy atom. The van der Waals surface area contributed by atoms with Crippen LogP contribution in [0.2, 0.25) is 0 Å². The van der Waals surface area contributed by atoms with Gasteiger partial charge in [0.25, 0.3) is 0 Å². The Labute approximate surface area is 309 Å². The van der Waals surface area contributed by atoms with E-state index in [4.69, 9.17) is 28.4 Å². The molecule has 10 heteroatoms. The molecule has 1 aliphatic heterocycles. The molecule has 0 unspecified atom stereocenters. The van der Waals surface area contributed by atoms with Gasteiger partial charge in [-0.05, 0) is 65.2 Å². The molecule has 1 saturated carbocycles. The molecule has 0 N–H and O–H groups in total. The highest BCUT2D eigenvalue weighted by Gasteiger charge is 2.64. The topological polar surface area (TPSA) is 124 Å². The van der Waals surface area contributed by atoms with Crippen LogP contribution in [-0.2, 0) is 47.6 Å². The third-order valence-electron chi connectivity index (χ3n) is 10.2. The zero-order valence-electron chi connectivity index (χ0n) is 33.7. The summed E-state index contributed by atoms with van der Waals surface area (Å²) < 4.78 is 38.5. The van der Waals surface area contributed by atoms with Gasteiger partial charge >= 0.3 is 23.9 Å². The molecule has 10 nitrogen and oxygen atoms in total. The van der Waals surface area contributed by atoms with E-state index in [0.717, 1.165) is 51.4 Å². The molecular formula is C41H72O10. The minimum absolute atomic E-state index is 0.364. The van der Waals surface area contributed by atoms with Gasteiger partial charge in [-0.1, -0.05) is 107 Å². The van der Waals surface area contributed by atoms with Crippen LogP contribution in [0.5, 0.6) is 0 Å². The number of ether oxygens (including phenoxy) is 6. The number of hydrogen-bond acceptors (Lipinski definition) is 10. The molecule has 1 heterocycles. The standard InChI is InChI=1S/C41H72O10/c1-11-19-27(20-12-2)37(42)46-31-32(47-38(43)28(21-13-3)22-14-4)34(49-40(45)30(25-17-7)26-18-8)36-35(50-41(9,10)51-36)33(31)48-39(44)29(23-15-5)24-16-6/h27-36H,11-26H2,1-10H3/t31-,32-,33+,34+,35-,36+/m1/s1. The summed E-state index contributed by atoms with van der Waals surface area (Å²) in [5, 5.41) is 0. The lowest BCUT2D eigenvalue weighted by Gasteiger charge is -2.45. The molecule has 0 aromatic rings. The lowest BCUT2D eigenvalue weighted by molar-refractivity contribution is -0.241. The lowest BCUT2D eigenvalue weighted by Crippen LogP contribution is -2.67. The zero-order valence-corrected chi connectivity index (χ0v) is 33.7. The largest absolute Gasteiger partial charge is 0.455 e. The van der Waals surface area contributed by atoms with E-state index in [1.807, 2.05) is 55.4 Å². The Hall–Kier alpha value is -2.20. The third-order valence-corrected chi connectivity index (χ3v) is 10.2. The van der Waals surface area contributed by atoms with E-state index in [1.165, 1.54) is 0 Å². The fraction of sp³-hybridized carbons (Fsp3) is 0.902. The van der Waals surface area contributed by atoms with E-state index >= 15 is 0 Å². The highest BCUT2D eigenvalue weighted by atomic mass is 16.8. The van der Waals surface area contributed by atoms with Gasteiger partial charge in [-0.3, -0.25) is 19.2 Å². The average molecular weight is 725 g/mol. The molecule has 0 aromatic heterocycles. The molecule has 2 rings (SSSR count). The molecule has 0 amide bonds. The van der Waals surface area contributed by atoms with Crippen molar-refractivity contribution in [2.45, 2.75) is 214 Å². The predicted molar refractivity (Wildman–Crippen MR) is 197 cm³/mol. The van der Waals surface area contributed by atoms with Crippen molar-refractivity contribution in [3.05, 3.63) is 0 Å². The second-order valence-corrected chi connectivity index (χ2v) is 15.3. The van der Waals surface area contributed by atoms with Crippen molar-refractivity contribution in [1.29, 1.82) is 0 Å². The van der Waals surface area contributed by atoms with Crippen molar-refractivity contribution in [3.63, 3.8) is 0 Å². The SMILES string of the molecule is CCCC(CCC)C(=O)O[C@@H]1[C@@H](OC(=O)C(CCC)CCC)[C@H](OC(=O)C(CCC)CCC)[C@@H]2OC(C)(C)O[C@@H]2[C@H]1OC(=O)C(CCC)CCC. The Bertz CT molecular complexity index is 955. The molecule has 0 spiro atoms. The van der Waals surface area contributed by atoms with Crippen LogP contribution in [0.4, 0.5) is 0 Å². The van der Waals surface area contributed by atoms with Crippen LogP contribution < -0.4 is 0 Å². The normalized spacial score (nSPS) is 24.2. The number of rotatable bonds is 24. The van der Waals surface area contributed by atoms with Crippen LogP contribution in [0.25, 0.3) is 0 Å². The van der Waals surface area contributed by atoms with Crippen molar-refractivity contribution < 1.29 is 47.6 Å². The van der Waals surface area contributed by atoms with Crippen LogP contribution >= 0.6 is 0 Å². The van der Waals surface area contributed by atoms with Crippen LogP contribution in [0.15, 0.2) is 0 Å². The van der Waals surface area contributed by atoms with E-state index < -0.39 is 78.1 Å². The van der Waals surface area contributed by atoms with Gasteiger partial charge in [-0.15, -0.1) is 0 Å². The first-order chi connectivity index (χ1) is 24.4. The summed E-state index contributed by atoms with van der Waals surface area (Å²) in [6.45, 7) is 19.7. The summed E-state index contributed by atoms with van der Waals surface area (Å²) in [7, 11) is 0. The highest BCUT2D eigenvalue weighted by molar-refractivity contribution is 5.75. The summed E-state index contributed by atoms with van der Waals surface area (Å²) in [4.78, 5) is 56.1. The maximum atomic E-state index is 14.1. The molecule has 51 heavy (non-hydrogen) atoms. The number of carbonyl (C=O) groups excluding carboxylic acids is 4. The summed E-state index contributed by atoms with van der Waals surface area (Å²) >= 11 is 0. The molecule has 0 bridgehead atoms. The molecule has 0 radical (unpaired) electrons. The molecule has 1 aliphatic carbocycles. The Balaban J connectivity index is 2.80. The van der Waals surface area contributed by atoms with Crippen molar-refractivity contribution in [3.8, 4) is 0 Å². The molecule has 2 fully saturated rings. The quantitative estimate of drug-likeness (QED) is 0.0704. The molecule has 6 atom stereocenters. The van der Waals surface area contributed by atoms with Crippen LogP contribution in [0.1, 0.15) is 172 Å². The van der Waals surface area contributed by atoms with Crippen LogP contribution in [0.3, 0.4) is 0 Å². The molecule has 2 aliphatic rings. The second-order valence-electron chi connectivity index (χ2n) is 15.3. The Morgan fingerprint density at radius 3 is 0.804 bits per heavy atom. The van der Waals surface area contributed by atoms with Crippen molar-refractivity contribution in [2.75, 3.05) is 0 Å². The van der Waals surface area contributed by atoms with Gasteiger partial charge in [0, 0.05) is 0 Å². The predicted octanol–water partition coefficient (Wildman–Crippen LogP) is 9.03. The average Bonchev–Trinajstić information content (AvgIpc) is 3.41. The number of carbonyl (C=O) groups is 4. The molecular weight excluding hydrogens is 652 g/mol. The summed E-state index contributed by atoms with van der Waals surface area (Å²) in [6.07, 6.45) is 4.49. The monoisotopic (exact) mass is 725 g/mol. The van der Waals surface area contributed by atoms with Crippen molar-refractivity contribution in [2.24, 2.45) is 23.7 Å². The van der Waals surface area contributed by atoms with Crippen LogP contribution in [0, 0.1) is 23.7 Å². The van der Waals surface area contributed by atoms with Gasteiger partial charge in [-0.2, -0.15) is 0 Å². The van der Waals surface area contributed by atoms with E-state index in [0.29, 0.717) is 51.4 Å². The summed E-state index contributed by atoms with van der Waals surface area (Å²) in [5.41, 5.74) is 0. The van der Waals surface area contributed by atoms with Gasteiger partial charge in [0.15, 0.2) is 30.2 Å². The third kappa shape index (κ3) is 13.0. The fourth-order valence-electron chi connectivity index (χ4n) is 7.84. The van der Waals surface area contributed by atoms with E-state index in [9.17, 15) is 19.2 Å². The zero-order chi connectivity index (χ0) is 38.1. The first kappa shape index (κ1) is 45.0. The molecule has 0 aromatic carbocycles. The summed E-state index contributed by atoms with van der Waals surface area (Å²) in [5.74, 6) is -4.44. The highest BCUT2D eigenvalue weighted by Crippen LogP contribution is 2.43. The molecule has 296 valence electrons. The van der Waals surface area contributed by atoms with Gasteiger partial charge in [-0.25, -0.2) is 0 Å². The van der Waals surface area contributed by atoms with Gasteiger partial charge < -0.3 is 28.4 Å². The summed E-state index contributed by atoms with van der Waals surface area (Å²) in [6, 6.07) is 0. The van der Waals surface area contributed by atoms with E-state index in [-0.39, 0.29) is 11.8 Å². The number of esters is 4. The first-order valence-corrected chi connectivity index (χ1v) is 20.5. The fourth-order valence-corrected chi connectivity index (χ4v) is 7.84. The van der Waals surface area contributed by atoms with Crippen molar-refractivity contribution >= 4 is 23.9 Å². The van der Waals surface area contributed by atoms with E-state index in [2.05, 4.69) is 0 Å². The minimum Gasteiger partial charge on any atom is -0.455 e. The maximum Gasteiger partial charge on any atom is 0.309 e. The number of hydrogen-bond donors (Lipinski definition) is 0. The van der Waals surface area contributed by atoms with Crippen LogP contribution in [-0.4, -0.2) is 66.3 Å². The van der Waals surface area contributed by atoms with Gasteiger partial charge in [0.2, 0.25) is 0 Å². The van der Waals surface area contributed by atoms with E-state index in [1.54, 1.807) is 13.8 Å². The minimum atomic E-state index is -1.29. The van der Waals surface area contributed by atoms with Gasteiger partial charge in [0.1, 0.15) is 12.2 Å². The Morgan fingerprint density at radius 1 is 0.412 bits per heavy atom. The molecule has 1 saturated heterocycles. The second kappa shape index (κ2) is 22.8. The number of fused-ring (bicyclic) bond motifs is 1. The lowest BCUT2D eigenvalue weighted by atomic mass is 9.83. The Kier molecular flexibility index (Phi) is 20.1. The smallest absolute Gasteiger partial charge is 0.309 e.